The molecule has 0 aliphatic carbocycles. The van der Waals surface area contributed by atoms with Crippen molar-refractivity contribution < 1.29 is 0 Å². The Kier molecular flexibility index (Phi) is 6.55. The van der Waals surface area contributed by atoms with E-state index < -0.39 is 0 Å². The molecule has 0 radical (unpaired) electrons. The SMILES string of the molecule is CC.CCc1ccc(CC2CCSC2)nc1. The van der Waals surface area contributed by atoms with Crippen LogP contribution in [0.1, 0.15) is 38.4 Å². The minimum absolute atomic E-state index is 0.875. The van der Waals surface area contributed by atoms with Crippen molar-refractivity contribution in [1.29, 1.82) is 0 Å². The lowest BCUT2D eigenvalue weighted by Gasteiger charge is -2.07. The minimum Gasteiger partial charge on any atom is -0.261 e. The van der Waals surface area contributed by atoms with Gasteiger partial charge in [0.1, 0.15) is 0 Å². The third-order valence-electron chi connectivity index (χ3n) is 2.82. The van der Waals surface area contributed by atoms with E-state index >= 15 is 0 Å². The molecule has 90 valence electrons. The van der Waals surface area contributed by atoms with E-state index in [1.54, 1.807) is 0 Å². The number of aromatic nitrogens is 1. The Bertz CT molecular complexity index is 275. The highest BCUT2D eigenvalue weighted by Crippen LogP contribution is 2.25. The van der Waals surface area contributed by atoms with Crippen molar-refractivity contribution in [2.24, 2.45) is 5.92 Å². The van der Waals surface area contributed by atoms with Gasteiger partial charge in [-0.3, -0.25) is 4.98 Å². The van der Waals surface area contributed by atoms with Crippen LogP contribution in [0.15, 0.2) is 18.3 Å². The first-order valence-electron chi connectivity index (χ1n) is 6.40. The topological polar surface area (TPSA) is 12.9 Å². The number of rotatable bonds is 3. The summed E-state index contributed by atoms with van der Waals surface area (Å²) in [7, 11) is 0. The van der Waals surface area contributed by atoms with Crippen LogP contribution >= 0.6 is 11.8 Å². The summed E-state index contributed by atoms with van der Waals surface area (Å²) in [6, 6.07) is 4.41. The molecule has 1 aliphatic heterocycles. The second-order valence-electron chi connectivity index (χ2n) is 3.95. The Morgan fingerprint density at radius 3 is 2.69 bits per heavy atom. The maximum atomic E-state index is 4.50. The molecule has 0 aromatic carbocycles. The summed E-state index contributed by atoms with van der Waals surface area (Å²) in [5.74, 6) is 3.55. The normalized spacial score (nSPS) is 19.1. The standard InChI is InChI=1S/C12H17NS.C2H6/c1-2-10-3-4-12(13-8-10)7-11-5-6-14-9-11;1-2/h3-4,8,11H,2,5-7,9H2,1H3;1-2H3. The molecule has 1 atom stereocenters. The number of hydrogen-bond acceptors (Lipinski definition) is 2. The van der Waals surface area contributed by atoms with E-state index in [4.69, 9.17) is 0 Å². The van der Waals surface area contributed by atoms with Gasteiger partial charge in [-0.2, -0.15) is 11.8 Å². The maximum absolute atomic E-state index is 4.50. The molecule has 1 nitrogen and oxygen atoms in total. The van der Waals surface area contributed by atoms with Crippen LogP contribution in [0.2, 0.25) is 0 Å². The van der Waals surface area contributed by atoms with Gasteiger partial charge in [-0.25, -0.2) is 0 Å². The number of nitrogens with zero attached hydrogens (tertiary/aromatic N) is 1. The molecule has 0 spiro atoms. The Morgan fingerprint density at radius 2 is 2.19 bits per heavy atom. The van der Waals surface area contributed by atoms with E-state index in [1.165, 1.54) is 35.6 Å². The fraction of sp³-hybridized carbons (Fsp3) is 0.643. The summed E-state index contributed by atoms with van der Waals surface area (Å²) in [5, 5.41) is 0. The molecule has 0 amide bonds. The molecule has 1 fully saturated rings. The Hall–Kier alpha value is -0.500. The molecule has 2 heterocycles. The number of hydrogen-bond donors (Lipinski definition) is 0. The van der Waals surface area contributed by atoms with Crippen LogP contribution in [0.25, 0.3) is 0 Å². The smallest absolute Gasteiger partial charge is 0.0406 e. The van der Waals surface area contributed by atoms with Gasteiger partial charge in [-0.1, -0.05) is 26.8 Å². The Balaban J connectivity index is 0.000000606. The zero-order valence-electron chi connectivity index (χ0n) is 10.7. The molecule has 1 aromatic heterocycles. The molecular weight excluding hydrogens is 214 g/mol. The third-order valence-corrected chi connectivity index (χ3v) is 4.05. The van der Waals surface area contributed by atoms with Crippen LogP contribution in [0.5, 0.6) is 0 Å². The van der Waals surface area contributed by atoms with Crippen molar-refractivity contribution in [2.75, 3.05) is 11.5 Å². The first kappa shape index (κ1) is 13.6. The average molecular weight is 237 g/mol. The fourth-order valence-corrected chi connectivity index (χ4v) is 3.11. The van der Waals surface area contributed by atoms with Crippen LogP contribution in [0.3, 0.4) is 0 Å². The summed E-state index contributed by atoms with van der Waals surface area (Å²) in [6.07, 6.45) is 5.67. The van der Waals surface area contributed by atoms with Gasteiger partial charge in [-0.15, -0.1) is 0 Å². The van der Waals surface area contributed by atoms with Gasteiger partial charge in [0, 0.05) is 11.9 Å². The van der Waals surface area contributed by atoms with Crippen LogP contribution < -0.4 is 0 Å². The lowest BCUT2D eigenvalue weighted by Crippen LogP contribution is -2.04. The van der Waals surface area contributed by atoms with Gasteiger partial charge in [0.2, 0.25) is 0 Å². The van der Waals surface area contributed by atoms with E-state index in [0.717, 1.165) is 12.3 Å². The number of thioether (sulfide) groups is 1. The molecule has 16 heavy (non-hydrogen) atoms. The first-order chi connectivity index (χ1) is 7.88. The van der Waals surface area contributed by atoms with Gasteiger partial charge in [0.15, 0.2) is 0 Å². The first-order valence-corrected chi connectivity index (χ1v) is 7.55. The van der Waals surface area contributed by atoms with Gasteiger partial charge in [-0.05, 0) is 48.3 Å². The minimum atomic E-state index is 0.875. The van der Waals surface area contributed by atoms with Gasteiger partial charge in [0.05, 0.1) is 0 Å². The lowest BCUT2D eigenvalue weighted by molar-refractivity contribution is 0.586. The highest BCUT2D eigenvalue weighted by atomic mass is 32.2. The molecule has 0 N–H and O–H groups in total. The largest absolute Gasteiger partial charge is 0.261 e. The van der Waals surface area contributed by atoms with Crippen molar-refractivity contribution >= 4 is 11.8 Å². The molecule has 0 bridgehead atoms. The summed E-state index contributed by atoms with van der Waals surface area (Å²) >= 11 is 2.08. The van der Waals surface area contributed by atoms with Crippen LogP contribution in [0.4, 0.5) is 0 Å². The number of pyridine rings is 1. The quantitative estimate of drug-likeness (QED) is 0.789. The van der Waals surface area contributed by atoms with Gasteiger partial charge in [0.25, 0.3) is 0 Å². The number of aryl methyl sites for hydroxylation is 1. The predicted octanol–water partition coefficient (Wildman–Crippen LogP) is 3.97. The van der Waals surface area contributed by atoms with Crippen LogP contribution in [-0.2, 0) is 12.8 Å². The predicted molar refractivity (Wildman–Crippen MR) is 74.1 cm³/mol. The maximum Gasteiger partial charge on any atom is 0.0406 e. The van der Waals surface area contributed by atoms with E-state index in [2.05, 4.69) is 35.8 Å². The summed E-state index contributed by atoms with van der Waals surface area (Å²) < 4.78 is 0. The highest BCUT2D eigenvalue weighted by Gasteiger charge is 2.16. The molecule has 1 unspecified atom stereocenters. The average Bonchev–Trinajstić information content (AvgIpc) is 2.86. The van der Waals surface area contributed by atoms with Crippen molar-refractivity contribution in [1.82, 2.24) is 4.98 Å². The van der Waals surface area contributed by atoms with E-state index in [1.807, 2.05) is 20.0 Å². The fourth-order valence-electron chi connectivity index (χ4n) is 1.83. The molecule has 0 saturated carbocycles. The van der Waals surface area contributed by atoms with Gasteiger partial charge >= 0.3 is 0 Å². The zero-order valence-corrected chi connectivity index (χ0v) is 11.5. The third kappa shape index (κ3) is 4.17. The van der Waals surface area contributed by atoms with Crippen LogP contribution in [-0.4, -0.2) is 16.5 Å². The molecule has 1 aromatic rings. The van der Waals surface area contributed by atoms with Crippen molar-refractivity contribution in [3.63, 3.8) is 0 Å². The van der Waals surface area contributed by atoms with Gasteiger partial charge < -0.3 is 0 Å². The molecule has 2 heteroatoms. The van der Waals surface area contributed by atoms with Crippen LogP contribution in [0, 0.1) is 5.92 Å². The molecule has 1 saturated heterocycles. The summed E-state index contributed by atoms with van der Waals surface area (Å²) in [5.41, 5.74) is 2.62. The van der Waals surface area contributed by atoms with Crippen molar-refractivity contribution in [3.05, 3.63) is 29.6 Å². The van der Waals surface area contributed by atoms with Crippen molar-refractivity contribution in [2.45, 2.75) is 40.0 Å². The molecule has 2 rings (SSSR count). The van der Waals surface area contributed by atoms with E-state index in [-0.39, 0.29) is 0 Å². The lowest BCUT2D eigenvalue weighted by atomic mass is 10.0. The highest BCUT2D eigenvalue weighted by molar-refractivity contribution is 7.99. The monoisotopic (exact) mass is 237 g/mol. The second kappa shape index (κ2) is 7.72. The second-order valence-corrected chi connectivity index (χ2v) is 5.09. The summed E-state index contributed by atoms with van der Waals surface area (Å²) in [4.78, 5) is 4.50. The van der Waals surface area contributed by atoms with E-state index in [0.29, 0.717) is 0 Å². The van der Waals surface area contributed by atoms with Crippen molar-refractivity contribution in [3.8, 4) is 0 Å². The summed E-state index contributed by atoms with van der Waals surface area (Å²) in [6.45, 7) is 6.17. The Morgan fingerprint density at radius 1 is 1.38 bits per heavy atom. The Labute approximate surface area is 104 Å². The molecular formula is C14H23NS. The molecule has 1 aliphatic rings. The van der Waals surface area contributed by atoms with E-state index in [9.17, 15) is 0 Å². The zero-order chi connectivity index (χ0) is 11.8.